The minimum Gasteiger partial charge on any atom is -0.413 e. The van der Waals surface area contributed by atoms with Crippen molar-refractivity contribution in [3.8, 4) is 11.8 Å². The Morgan fingerprint density at radius 3 is 2.21 bits per heavy atom. The summed E-state index contributed by atoms with van der Waals surface area (Å²) in [7, 11) is -3.70. The van der Waals surface area contributed by atoms with Gasteiger partial charge in [-0.1, -0.05) is 79.9 Å². The predicted molar refractivity (Wildman–Crippen MR) is 152 cm³/mol. The van der Waals surface area contributed by atoms with E-state index in [1.54, 1.807) is 0 Å². The number of unbranched alkanes of at least 4 members (excludes halogenated alkanes) is 2. The number of hydrogen-bond donors (Lipinski definition) is 0. The zero-order valence-electron chi connectivity index (χ0n) is 24.1. The summed E-state index contributed by atoms with van der Waals surface area (Å²) in [4.78, 5) is 13.1. The Bertz CT molecular complexity index is 699. The first-order valence-electron chi connectivity index (χ1n) is 13.9. The lowest BCUT2D eigenvalue weighted by atomic mass is 9.90. The van der Waals surface area contributed by atoms with E-state index in [-0.39, 0.29) is 29.1 Å². The highest BCUT2D eigenvalue weighted by Gasteiger charge is 2.47. The average molecular weight is 507 g/mol. The van der Waals surface area contributed by atoms with Crippen LogP contribution in [0, 0.1) is 23.7 Å². The highest BCUT2D eigenvalue weighted by molar-refractivity contribution is 6.74. The molecule has 5 heteroatoms. The third kappa shape index (κ3) is 8.77. The smallest absolute Gasteiger partial charge is 0.192 e. The molecule has 34 heavy (non-hydrogen) atoms. The first kappa shape index (κ1) is 31.4. The van der Waals surface area contributed by atoms with Gasteiger partial charge < -0.3 is 8.85 Å². The van der Waals surface area contributed by atoms with E-state index in [1.807, 2.05) is 6.92 Å². The molecule has 0 aliphatic heterocycles. The first-order chi connectivity index (χ1) is 15.9. The van der Waals surface area contributed by atoms with Crippen molar-refractivity contribution in [3.05, 3.63) is 12.2 Å². The molecule has 1 aliphatic carbocycles. The lowest BCUT2D eigenvalue weighted by Crippen LogP contribution is -2.45. The number of hydrogen-bond acceptors (Lipinski definition) is 3. The number of carbonyl (C=O) groups excluding carboxylic acids is 1. The Labute approximate surface area is 214 Å². The van der Waals surface area contributed by atoms with Gasteiger partial charge in [-0.25, -0.2) is 0 Å². The van der Waals surface area contributed by atoms with Crippen molar-refractivity contribution in [2.24, 2.45) is 11.8 Å². The fourth-order valence-electron chi connectivity index (χ4n) is 4.72. The van der Waals surface area contributed by atoms with Crippen LogP contribution in [0.3, 0.4) is 0 Å². The van der Waals surface area contributed by atoms with Crippen LogP contribution >= 0.6 is 0 Å². The summed E-state index contributed by atoms with van der Waals surface area (Å²) >= 11 is 0. The molecule has 0 aromatic rings. The Balaban J connectivity index is 3.25. The molecular formula is C29H54O3Si2. The fourth-order valence-corrected chi connectivity index (χ4v) is 8.91. The van der Waals surface area contributed by atoms with E-state index in [0.717, 1.165) is 24.6 Å². The molecule has 0 saturated heterocycles. The summed E-state index contributed by atoms with van der Waals surface area (Å²) in [5.41, 5.74) is 0. The minimum atomic E-state index is -1.99. The van der Waals surface area contributed by atoms with E-state index < -0.39 is 16.6 Å². The van der Waals surface area contributed by atoms with Crippen LogP contribution in [0.25, 0.3) is 0 Å². The maximum atomic E-state index is 13.1. The van der Waals surface area contributed by atoms with Crippen LogP contribution in [0.1, 0.15) is 93.9 Å². The molecule has 0 unspecified atom stereocenters. The zero-order chi connectivity index (χ0) is 26.0. The van der Waals surface area contributed by atoms with Crippen molar-refractivity contribution >= 4 is 22.4 Å². The van der Waals surface area contributed by atoms with Gasteiger partial charge >= 0.3 is 0 Å². The molecule has 1 fully saturated rings. The van der Waals surface area contributed by atoms with Crippen LogP contribution in [-0.4, -0.2) is 34.6 Å². The van der Waals surface area contributed by atoms with Crippen LogP contribution in [-0.2, 0) is 13.6 Å². The van der Waals surface area contributed by atoms with Gasteiger partial charge in [0, 0.05) is 24.7 Å². The number of rotatable bonds is 14. The second-order valence-electron chi connectivity index (χ2n) is 11.7. The summed E-state index contributed by atoms with van der Waals surface area (Å²) in [5.74, 6) is 6.51. The normalized spacial score (nSPS) is 22.8. The van der Waals surface area contributed by atoms with Gasteiger partial charge in [-0.05, 0) is 49.6 Å². The summed E-state index contributed by atoms with van der Waals surface area (Å²) in [5, 5.41) is 0.117. The van der Waals surface area contributed by atoms with Crippen LogP contribution in [0.5, 0.6) is 0 Å². The lowest BCUT2D eigenvalue weighted by Gasteiger charge is -2.39. The Hall–Kier alpha value is -0.676. The molecule has 0 radical (unpaired) electrons. The van der Waals surface area contributed by atoms with Gasteiger partial charge in [0.15, 0.2) is 16.6 Å². The van der Waals surface area contributed by atoms with Crippen LogP contribution in [0.15, 0.2) is 12.2 Å². The van der Waals surface area contributed by atoms with Gasteiger partial charge in [-0.2, -0.15) is 0 Å². The molecule has 4 atom stereocenters. The Kier molecular flexibility index (Phi) is 13.1. The predicted octanol–water partition coefficient (Wildman–Crippen LogP) is 8.52. The van der Waals surface area contributed by atoms with Gasteiger partial charge in [0.1, 0.15) is 5.78 Å². The first-order valence-corrected chi connectivity index (χ1v) is 19.3. The van der Waals surface area contributed by atoms with Crippen molar-refractivity contribution in [1.29, 1.82) is 0 Å². The van der Waals surface area contributed by atoms with Gasteiger partial charge in [0.05, 0.1) is 12.2 Å². The monoisotopic (exact) mass is 506 g/mol. The highest BCUT2D eigenvalue weighted by atomic mass is 28.4. The lowest BCUT2D eigenvalue weighted by molar-refractivity contribution is -0.121. The molecule has 0 bridgehead atoms. The van der Waals surface area contributed by atoms with Gasteiger partial charge in [0.2, 0.25) is 0 Å². The van der Waals surface area contributed by atoms with Crippen molar-refractivity contribution in [2.75, 3.05) is 0 Å². The van der Waals surface area contributed by atoms with Crippen LogP contribution in [0.4, 0.5) is 0 Å². The van der Waals surface area contributed by atoms with Gasteiger partial charge in [0.25, 0.3) is 0 Å². The van der Waals surface area contributed by atoms with Gasteiger partial charge in [-0.15, -0.1) is 11.8 Å². The fraction of sp³-hybridized carbons (Fsp3) is 0.828. The zero-order valence-corrected chi connectivity index (χ0v) is 26.1. The highest BCUT2D eigenvalue weighted by Crippen LogP contribution is 2.43. The second kappa shape index (κ2) is 14.2. The second-order valence-corrected chi connectivity index (χ2v) is 21.2. The quantitative estimate of drug-likeness (QED) is 0.102. The Morgan fingerprint density at radius 1 is 1.09 bits per heavy atom. The van der Waals surface area contributed by atoms with E-state index in [1.165, 1.54) is 19.3 Å². The third-order valence-electron chi connectivity index (χ3n) is 8.44. The van der Waals surface area contributed by atoms with E-state index >= 15 is 0 Å². The van der Waals surface area contributed by atoms with Crippen molar-refractivity contribution < 1.29 is 13.6 Å². The molecular weight excluding hydrogens is 452 g/mol. The SMILES string of the molecule is CC#CC[C@H]1C(=O)C[C@@H](O[Si](C)(C)C(C)(C)C)[C@@H]1/C=C/[C@H](CCCCC)O[Si](CC)(CC)CC. The Morgan fingerprint density at radius 2 is 1.71 bits per heavy atom. The van der Waals surface area contributed by atoms with Crippen molar-refractivity contribution in [1.82, 2.24) is 0 Å². The minimum absolute atomic E-state index is 0.0462. The summed E-state index contributed by atoms with van der Waals surface area (Å²) in [6.45, 7) is 22.4. The molecule has 1 saturated carbocycles. The van der Waals surface area contributed by atoms with E-state index in [2.05, 4.69) is 85.6 Å². The molecule has 3 nitrogen and oxygen atoms in total. The van der Waals surface area contributed by atoms with E-state index in [0.29, 0.717) is 18.6 Å². The largest absolute Gasteiger partial charge is 0.413 e. The molecule has 0 heterocycles. The number of carbonyl (C=O) groups is 1. The molecule has 196 valence electrons. The molecule has 0 aromatic heterocycles. The van der Waals surface area contributed by atoms with Crippen LogP contribution < -0.4 is 0 Å². The summed E-state index contributed by atoms with van der Waals surface area (Å²) < 4.78 is 13.8. The standard InChI is InChI=1S/C29H54O3Si2/c1-11-16-18-19-24(31-34(13-3,14-4)15-5)21-22-26-25(20-17-12-2)27(30)23-28(26)32-33(9,10)29(6,7)8/h21-22,24-26,28H,11,13-16,18-20,23H2,1-10H3/b22-21+/t24-,25+,26+,28+/m0/s1. The molecule has 1 rings (SSSR count). The molecule has 0 amide bonds. The molecule has 0 aromatic carbocycles. The summed E-state index contributed by atoms with van der Waals surface area (Å²) in [6.07, 6.45) is 10.5. The van der Waals surface area contributed by atoms with Gasteiger partial charge in [-0.3, -0.25) is 4.79 Å². The maximum Gasteiger partial charge on any atom is 0.192 e. The average Bonchev–Trinajstić information content (AvgIpc) is 3.06. The van der Waals surface area contributed by atoms with Crippen molar-refractivity contribution in [2.45, 2.75) is 142 Å². The van der Waals surface area contributed by atoms with E-state index in [4.69, 9.17) is 8.85 Å². The summed E-state index contributed by atoms with van der Waals surface area (Å²) in [6, 6.07) is 3.48. The van der Waals surface area contributed by atoms with Crippen LogP contribution in [0.2, 0.25) is 36.3 Å². The van der Waals surface area contributed by atoms with Crippen molar-refractivity contribution in [3.63, 3.8) is 0 Å². The van der Waals surface area contributed by atoms with E-state index in [9.17, 15) is 4.79 Å². The molecule has 1 aliphatic rings. The molecule has 0 spiro atoms. The topological polar surface area (TPSA) is 35.5 Å². The third-order valence-corrected chi connectivity index (χ3v) is 17.6. The molecule has 0 N–H and O–H groups in total. The number of ketones is 1. The maximum absolute atomic E-state index is 13.1. The number of Topliss-reactive ketones (excluding diaryl/α,β-unsaturated/α-hetero) is 1.